The summed E-state index contributed by atoms with van der Waals surface area (Å²) in [4.78, 5) is 3.84. The van der Waals surface area contributed by atoms with Crippen molar-refractivity contribution in [3.8, 4) is 0 Å². The van der Waals surface area contributed by atoms with Crippen LogP contribution >= 0.6 is 22.9 Å². The van der Waals surface area contributed by atoms with E-state index in [-0.39, 0.29) is 0 Å². The highest BCUT2D eigenvalue weighted by Crippen LogP contribution is 2.26. The van der Waals surface area contributed by atoms with Gasteiger partial charge in [-0.25, -0.2) is 0 Å². The summed E-state index contributed by atoms with van der Waals surface area (Å²) in [6.07, 6.45) is 4.13. The van der Waals surface area contributed by atoms with E-state index in [1.165, 1.54) is 42.8 Å². The fourth-order valence-electron chi connectivity index (χ4n) is 2.46. The maximum absolute atomic E-state index is 6.24. The van der Waals surface area contributed by atoms with Gasteiger partial charge >= 0.3 is 0 Å². The van der Waals surface area contributed by atoms with Gasteiger partial charge < -0.3 is 10.2 Å². The summed E-state index contributed by atoms with van der Waals surface area (Å²) in [6, 6.07) is 0.529. The Hall–Kier alpha value is -0.0900. The molecule has 1 aromatic heterocycles. The second-order valence-corrected chi connectivity index (χ2v) is 6.64. The van der Waals surface area contributed by atoms with Crippen molar-refractivity contribution in [2.24, 2.45) is 0 Å². The zero-order valence-electron chi connectivity index (χ0n) is 11.3. The quantitative estimate of drug-likeness (QED) is 0.888. The molecular formula is C14H23ClN2S. The van der Waals surface area contributed by atoms with E-state index in [9.17, 15) is 0 Å². The molecule has 4 heteroatoms. The molecule has 0 saturated carbocycles. The minimum absolute atomic E-state index is 0.529. The molecular weight excluding hydrogens is 264 g/mol. The van der Waals surface area contributed by atoms with Crippen LogP contribution in [-0.4, -0.2) is 30.6 Å². The van der Waals surface area contributed by atoms with Crippen molar-refractivity contribution < 1.29 is 0 Å². The molecule has 2 rings (SSSR count). The first-order valence-electron chi connectivity index (χ1n) is 6.85. The van der Waals surface area contributed by atoms with Crippen molar-refractivity contribution >= 4 is 22.9 Å². The van der Waals surface area contributed by atoms with Gasteiger partial charge in [-0.1, -0.05) is 18.0 Å². The van der Waals surface area contributed by atoms with Crippen LogP contribution in [0.15, 0.2) is 5.38 Å². The highest BCUT2D eigenvalue weighted by Gasteiger charge is 2.14. The van der Waals surface area contributed by atoms with Crippen molar-refractivity contribution in [1.29, 1.82) is 0 Å². The Kier molecular flexibility index (Phi) is 5.49. The summed E-state index contributed by atoms with van der Waals surface area (Å²) < 4.78 is 0. The number of thiophene rings is 1. The molecule has 1 fully saturated rings. The molecule has 0 aliphatic carbocycles. The average Bonchev–Trinajstić information content (AvgIpc) is 2.69. The van der Waals surface area contributed by atoms with Gasteiger partial charge in [0.25, 0.3) is 0 Å². The van der Waals surface area contributed by atoms with Gasteiger partial charge in [-0.2, -0.15) is 0 Å². The first kappa shape index (κ1) is 14.3. The van der Waals surface area contributed by atoms with Crippen molar-refractivity contribution in [3.63, 3.8) is 0 Å². The number of likely N-dealkylation sites (tertiary alicyclic amines) is 1. The standard InChI is InChI=1S/C14H23ClN2S/c1-11-10-18-13(14(11)15)8-16-12(2)9-17-6-4-3-5-7-17/h10,12,16H,3-9H2,1-2H3. The van der Waals surface area contributed by atoms with Crippen LogP contribution in [0.2, 0.25) is 5.02 Å². The number of halogens is 1. The van der Waals surface area contributed by atoms with Crippen LogP contribution < -0.4 is 5.32 Å². The predicted octanol–water partition coefficient (Wildman–Crippen LogP) is 3.67. The van der Waals surface area contributed by atoms with E-state index in [4.69, 9.17) is 11.6 Å². The lowest BCUT2D eigenvalue weighted by molar-refractivity contribution is 0.209. The molecule has 0 aromatic carbocycles. The zero-order chi connectivity index (χ0) is 13.0. The van der Waals surface area contributed by atoms with Crippen LogP contribution in [-0.2, 0) is 6.54 Å². The molecule has 1 aliphatic rings. The maximum atomic E-state index is 6.24. The smallest absolute Gasteiger partial charge is 0.0587 e. The molecule has 2 heterocycles. The third kappa shape index (κ3) is 3.95. The molecule has 1 saturated heterocycles. The molecule has 0 spiro atoms. The Morgan fingerprint density at radius 3 is 2.72 bits per heavy atom. The Morgan fingerprint density at radius 2 is 2.11 bits per heavy atom. The SMILES string of the molecule is Cc1csc(CNC(C)CN2CCCCC2)c1Cl. The summed E-state index contributed by atoms with van der Waals surface area (Å²) in [5.41, 5.74) is 1.20. The summed E-state index contributed by atoms with van der Waals surface area (Å²) in [7, 11) is 0. The normalized spacial score (nSPS) is 19.1. The molecule has 18 heavy (non-hydrogen) atoms. The third-order valence-electron chi connectivity index (χ3n) is 3.56. The first-order valence-corrected chi connectivity index (χ1v) is 8.11. The second kappa shape index (κ2) is 6.90. The van der Waals surface area contributed by atoms with Gasteiger partial charge in [0.1, 0.15) is 0 Å². The Labute approximate surface area is 119 Å². The van der Waals surface area contributed by atoms with Crippen LogP contribution in [0.1, 0.15) is 36.6 Å². The van der Waals surface area contributed by atoms with Gasteiger partial charge in [0.15, 0.2) is 0 Å². The number of rotatable bonds is 5. The molecule has 2 nitrogen and oxygen atoms in total. The average molecular weight is 287 g/mol. The molecule has 102 valence electrons. The maximum Gasteiger partial charge on any atom is 0.0587 e. The van der Waals surface area contributed by atoms with Crippen LogP contribution in [0.5, 0.6) is 0 Å². The number of nitrogens with zero attached hydrogens (tertiary/aromatic N) is 1. The van der Waals surface area contributed by atoms with Crippen molar-refractivity contribution in [1.82, 2.24) is 10.2 Å². The van der Waals surface area contributed by atoms with Crippen molar-refractivity contribution in [2.75, 3.05) is 19.6 Å². The summed E-state index contributed by atoms with van der Waals surface area (Å²) >= 11 is 8.00. The van der Waals surface area contributed by atoms with Gasteiger partial charge in [0.05, 0.1) is 5.02 Å². The molecule has 1 N–H and O–H groups in total. The van der Waals surface area contributed by atoms with Gasteiger partial charge in [-0.15, -0.1) is 11.3 Å². The van der Waals surface area contributed by atoms with Gasteiger partial charge in [-0.05, 0) is 50.7 Å². The van der Waals surface area contributed by atoms with Crippen LogP contribution in [0.3, 0.4) is 0 Å². The fraction of sp³-hybridized carbons (Fsp3) is 0.714. The molecule has 1 aromatic rings. The lowest BCUT2D eigenvalue weighted by Gasteiger charge is -2.29. The third-order valence-corrected chi connectivity index (χ3v) is 5.30. The molecule has 1 atom stereocenters. The minimum Gasteiger partial charge on any atom is -0.308 e. The van der Waals surface area contributed by atoms with Gasteiger partial charge in [0, 0.05) is 24.0 Å². The van der Waals surface area contributed by atoms with Crippen LogP contribution in [0, 0.1) is 6.92 Å². The van der Waals surface area contributed by atoms with E-state index < -0.39 is 0 Å². The largest absolute Gasteiger partial charge is 0.308 e. The van der Waals surface area contributed by atoms with E-state index in [2.05, 4.69) is 29.4 Å². The molecule has 1 aliphatic heterocycles. The predicted molar refractivity (Wildman–Crippen MR) is 80.7 cm³/mol. The number of hydrogen-bond donors (Lipinski definition) is 1. The van der Waals surface area contributed by atoms with E-state index in [0.717, 1.165) is 18.1 Å². The first-order chi connectivity index (χ1) is 8.66. The number of aryl methyl sites for hydroxylation is 1. The Balaban J connectivity index is 1.74. The Bertz CT molecular complexity index is 372. The molecule has 0 amide bonds. The van der Waals surface area contributed by atoms with E-state index in [0.29, 0.717) is 6.04 Å². The Morgan fingerprint density at radius 1 is 1.39 bits per heavy atom. The summed E-state index contributed by atoms with van der Waals surface area (Å²) in [5.74, 6) is 0. The zero-order valence-corrected chi connectivity index (χ0v) is 12.9. The monoisotopic (exact) mass is 286 g/mol. The fourth-order valence-corrected chi connectivity index (χ4v) is 3.65. The topological polar surface area (TPSA) is 15.3 Å². The molecule has 0 bridgehead atoms. The van der Waals surface area contributed by atoms with E-state index >= 15 is 0 Å². The highest BCUT2D eigenvalue weighted by atomic mass is 35.5. The van der Waals surface area contributed by atoms with E-state index in [1.54, 1.807) is 11.3 Å². The van der Waals surface area contributed by atoms with Crippen molar-refractivity contribution in [2.45, 2.75) is 45.7 Å². The lowest BCUT2D eigenvalue weighted by Crippen LogP contribution is -2.41. The highest BCUT2D eigenvalue weighted by molar-refractivity contribution is 7.10. The van der Waals surface area contributed by atoms with E-state index in [1.807, 2.05) is 0 Å². The van der Waals surface area contributed by atoms with Crippen molar-refractivity contribution in [3.05, 3.63) is 20.8 Å². The van der Waals surface area contributed by atoms with Gasteiger partial charge in [-0.3, -0.25) is 0 Å². The number of nitrogens with one attached hydrogen (secondary N) is 1. The second-order valence-electron chi connectivity index (χ2n) is 5.30. The van der Waals surface area contributed by atoms with Crippen LogP contribution in [0.25, 0.3) is 0 Å². The number of hydrogen-bond acceptors (Lipinski definition) is 3. The minimum atomic E-state index is 0.529. The summed E-state index contributed by atoms with van der Waals surface area (Å²) in [5, 5.41) is 6.66. The molecule has 0 radical (unpaired) electrons. The van der Waals surface area contributed by atoms with Gasteiger partial charge in [0.2, 0.25) is 0 Å². The number of piperidine rings is 1. The molecule has 1 unspecified atom stereocenters. The summed E-state index contributed by atoms with van der Waals surface area (Å²) in [6.45, 7) is 8.92. The lowest BCUT2D eigenvalue weighted by atomic mass is 10.1. The van der Waals surface area contributed by atoms with Crippen LogP contribution in [0.4, 0.5) is 0 Å².